The molecule has 1 heterocycles. The van der Waals surface area contributed by atoms with Gasteiger partial charge in [0, 0.05) is 31.6 Å². The summed E-state index contributed by atoms with van der Waals surface area (Å²) >= 11 is 0. The Kier molecular flexibility index (Phi) is 6.91. The van der Waals surface area contributed by atoms with E-state index < -0.39 is 15.5 Å². The topological polar surface area (TPSA) is 88.1 Å². The van der Waals surface area contributed by atoms with Crippen LogP contribution in [0.3, 0.4) is 0 Å². The molecule has 0 aromatic heterocycles. The molecule has 11 heteroatoms. The number of nitrogens with one attached hydrogen (secondary N) is 1. The molecule has 0 radical (unpaired) electrons. The molecule has 0 spiro atoms. The van der Waals surface area contributed by atoms with Gasteiger partial charge < -0.3 is 9.74 Å². The Morgan fingerprint density at radius 1 is 1.36 bits per heavy atom. The number of sulfonamides is 1. The average molecular weight is 421 g/mol. The van der Waals surface area contributed by atoms with Gasteiger partial charge in [-0.1, -0.05) is 30.3 Å². The van der Waals surface area contributed by atoms with Crippen molar-refractivity contribution >= 4 is 27.8 Å². The zero-order valence-electron chi connectivity index (χ0n) is 15.4. The third-order valence-corrected chi connectivity index (χ3v) is 5.48. The quantitative estimate of drug-likeness (QED) is 0.542. The van der Waals surface area contributed by atoms with E-state index in [1.165, 1.54) is 23.1 Å². The van der Waals surface area contributed by atoms with Crippen LogP contribution in [0.4, 0.5) is 18.9 Å². The predicted octanol–water partition coefficient (Wildman–Crippen LogP) is 2.96. The van der Waals surface area contributed by atoms with Gasteiger partial charge in [0.15, 0.2) is 0 Å². The zero-order chi connectivity index (χ0) is 20.9. The van der Waals surface area contributed by atoms with Crippen molar-refractivity contribution in [1.29, 1.82) is 0 Å². The second-order valence-corrected chi connectivity index (χ2v) is 8.17. The lowest BCUT2D eigenvalue weighted by Crippen LogP contribution is -2.43. The van der Waals surface area contributed by atoms with Crippen LogP contribution in [0.1, 0.15) is 25.8 Å². The molecule has 2 unspecified atom stereocenters. The van der Waals surface area contributed by atoms with Crippen molar-refractivity contribution in [2.24, 2.45) is 17.0 Å². The summed E-state index contributed by atoms with van der Waals surface area (Å²) in [6.07, 6.45) is 1.78. The van der Waals surface area contributed by atoms with Crippen molar-refractivity contribution in [2.75, 3.05) is 17.9 Å². The summed E-state index contributed by atoms with van der Waals surface area (Å²) in [5.41, 5.74) is -5.36. The molecule has 2 rings (SSSR count). The Morgan fingerprint density at radius 3 is 2.68 bits per heavy atom. The lowest BCUT2D eigenvalue weighted by Gasteiger charge is -2.35. The summed E-state index contributed by atoms with van der Waals surface area (Å²) in [7, 11) is -5.54. The van der Waals surface area contributed by atoms with E-state index >= 15 is 0 Å². The van der Waals surface area contributed by atoms with Crippen LogP contribution in [0.25, 0.3) is 0 Å². The van der Waals surface area contributed by atoms with Crippen molar-refractivity contribution in [3.05, 3.63) is 29.8 Å². The van der Waals surface area contributed by atoms with E-state index in [9.17, 15) is 26.4 Å². The van der Waals surface area contributed by atoms with Gasteiger partial charge in [-0.25, -0.2) is 0 Å². The maximum atomic E-state index is 12.7. The molecule has 156 valence electrons. The number of benzene rings is 1. The summed E-state index contributed by atoms with van der Waals surface area (Å²) < 4.78 is 62.3. The number of oxime groups is 1. The Bertz CT molecular complexity index is 827. The van der Waals surface area contributed by atoms with Gasteiger partial charge >= 0.3 is 15.5 Å². The lowest BCUT2D eigenvalue weighted by molar-refractivity contribution is -0.136. The molecule has 1 saturated heterocycles. The number of amides is 1. The largest absolute Gasteiger partial charge is 0.516 e. The number of piperidine rings is 1. The molecule has 1 aliphatic rings. The molecule has 1 aromatic rings. The van der Waals surface area contributed by atoms with E-state index in [1.807, 2.05) is 6.92 Å². The third-order valence-electron chi connectivity index (χ3n) is 4.39. The van der Waals surface area contributed by atoms with E-state index in [1.54, 1.807) is 23.9 Å². The first-order valence-electron chi connectivity index (χ1n) is 8.65. The van der Waals surface area contributed by atoms with Crippen LogP contribution >= 0.6 is 0 Å². The molecule has 1 aliphatic heterocycles. The van der Waals surface area contributed by atoms with Crippen molar-refractivity contribution in [1.82, 2.24) is 4.90 Å². The lowest BCUT2D eigenvalue weighted by atomic mass is 9.87. The first kappa shape index (κ1) is 22.0. The van der Waals surface area contributed by atoms with Crippen molar-refractivity contribution < 1.29 is 31.2 Å². The molecule has 28 heavy (non-hydrogen) atoms. The molecule has 0 aliphatic carbocycles. The van der Waals surface area contributed by atoms with Gasteiger partial charge in [-0.2, -0.15) is 21.6 Å². The number of halogens is 3. The SMILES string of the molecule is CCO/N=C\C1CC(=O)N(Cc2ccccc2NS(=O)(=O)C(F)(F)F)CC1C. The Morgan fingerprint density at radius 2 is 2.04 bits per heavy atom. The fourth-order valence-electron chi connectivity index (χ4n) is 2.83. The number of rotatable bonds is 7. The third kappa shape index (κ3) is 5.37. The van der Waals surface area contributed by atoms with Gasteiger partial charge in [0.05, 0.1) is 5.69 Å². The summed E-state index contributed by atoms with van der Waals surface area (Å²) in [6.45, 7) is 4.50. The molecule has 0 bridgehead atoms. The predicted molar refractivity (Wildman–Crippen MR) is 97.8 cm³/mol. The molecule has 2 atom stereocenters. The van der Waals surface area contributed by atoms with Gasteiger partial charge in [-0.3, -0.25) is 9.52 Å². The number of carbonyl (C=O) groups is 1. The number of anilines is 1. The second kappa shape index (κ2) is 8.80. The van der Waals surface area contributed by atoms with Gasteiger partial charge in [0.25, 0.3) is 0 Å². The van der Waals surface area contributed by atoms with Crippen molar-refractivity contribution in [3.63, 3.8) is 0 Å². The van der Waals surface area contributed by atoms with Crippen LogP contribution in [0.15, 0.2) is 29.4 Å². The number of para-hydroxylation sites is 1. The van der Waals surface area contributed by atoms with Crippen molar-refractivity contribution in [3.8, 4) is 0 Å². The first-order chi connectivity index (χ1) is 13.0. The molecule has 1 amide bonds. The summed E-state index contributed by atoms with van der Waals surface area (Å²) in [5, 5.41) is 3.81. The van der Waals surface area contributed by atoms with Crippen LogP contribution in [-0.2, 0) is 26.2 Å². The van der Waals surface area contributed by atoms with E-state index in [-0.39, 0.29) is 42.0 Å². The summed E-state index contributed by atoms with van der Waals surface area (Å²) in [4.78, 5) is 18.9. The second-order valence-electron chi connectivity index (χ2n) is 6.50. The van der Waals surface area contributed by atoms with Gasteiger partial charge in [-0.05, 0) is 24.5 Å². The summed E-state index contributed by atoms with van der Waals surface area (Å²) in [6, 6.07) is 5.69. The standard InChI is InChI=1S/C17H22F3N3O4S/c1-3-27-21-9-14-8-16(24)23(10-12(14)2)11-13-6-4-5-7-15(13)22-28(25,26)17(18,19)20/h4-7,9,12,14,22H,3,8,10-11H2,1-2H3/b21-9-. The maximum Gasteiger partial charge on any atom is 0.516 e. The zero-order valence-corrected chi connectivity index (χ0v) is 16.3. The molecular formula is C17H22F3N3O4S. The van der Waals surface area contributed by atoms with E-state index in [0.717, 1.165) is 0 Å². The van der Waals surface area contributed by atoms with Crippen LogP contribution < -0.4 is 4.72 Å². The highest BCUT2D eigenvalue weighted by Gasteiger charge is 2.46. The van der Waals surface area contributed by atoms with Gasteiger partial charge in [0.1, 0.15) is 6.61 Å². The Hall–Kier alpha value is -2.30. The number of hydrogen-bond donors (Lipinski definition) is 1. The number of likely N-dealkylation sites (tertiary alicyclic amines) is 1. The van der Waals surface area contributed by atoms with E-state index in [0.29, 0.717) is 13.2 Å². The Labute approximate surface area is 161 Å². The minimum absolute atomic E-state index is 0.00491. The highest BCUT2D eigenvalue weighted by molar-refractivity contribution is 7.93. The average Bonchev–Trinajstić information content (AvgIpc) is 2.59. The number of nitrogens with zero attached hydrogens (tertiary/aromatic N) is 2. The highest BCUT2D eigenvalue weighted by atomic mass is 32.2. The van der Waals surface area contributed by atoms with Crippen LogP contribution in [0.2, 0.25) is 0 Å². The molecule has 0 saturated carbocycles. The first-order valence-corrected chi connectivity index (χ1v) is 10.1. The minimum Gasteiger partial charge on any atom is -0.396 e. The van der Waals surface area contributed by atoms with E-state index in [4.69, 9.17) is 4.84 Å². The number of alkyl halides is 3. The fraction of sp³-hybridized carbons (Fsp3) is 0.529. The van der Waals surface area contributed by atoms with Gasteiger partial charge in [0.2, 0.25) is 5.91 Å². The fourth-order valence-corrected chi connectivity index (χ4v) is 3.44. The maximum absolute atomic E-state index is 12.7. The van der Waals surface area contributed by atoms with E-state index in [2.05, 4.69) is 5.16 Å². The molecule has 1 fully saturated rings. The number of carbonyl (C=O) groups excluding carboxylic acids is 1. The van der Waals surface area contributed by atoms with Crippen molar-refractivity contribution in [2.45, 2.75) is 32.3 Å². The van der Waals surface area contributed by atoms with Crippen LogP contribution in [-0.4, -0.2) is 44.1 Å². The molecular weight excluding hydrogens is 399 g/mol. The molecule has 7 nitrogen and oxygen atoms in total. The molecule has 1 aromatic carbocycles. The Balaban J connectivity index is 2.14. The van der Waals surface area contributed by atoms with Crippen LogP contribution in [0, 0.1) is 11.8 Å². The van der Waals surface area contributed by atoms with Gasteiger partial charge in [-0.15, -0.1) is 0 Å². The van der Waals surface area contributed by atoms with Crippen LogP contribution in [0.5, 0.6) is 0 Å². The summed E-state index contributed by atoms with van der Waals surface area (Å²) in [5.74, 6) is -0.241. The molecule has 1 N–H and O–H groups in total. The minimum atomic E-state index is -5.54. The number of hydrogen-bond acceptors (Lipinski definition) is 5. The highest BCUT2D eigenvalue weighted by Crippen LogP contribution is 2.29. The normalized spacial score (nSPS) is 21.2. The monoisotopic (exact) mass is 421 g/mol. The smallest absolute Gasteiger partial charge is 0.396 e.